The highest BCUT2D eigenvalue weighted by molar-refractivity contribution is 7.12. The normalized spacial score (nSPS) is 12.5. The molecule has 7 nitrogen and oxygen atoms in total. The first-order valence-electron chi connectivity index (χ1n) is 11.7. The summed E-state index contributed by atoms with van der Waals surface area (Å²) >= 11 is 1.73. The number of aromatic nitrogens is 1. The Morgan fingerprint density at radius 3 is 2.29 bits per heavy atom. The van der Waals surface area contributed by atoms with E-state index < -0.39 is 6.29 Å². The van der Waals surface area contributed by atoms with Crippen molar-refractivity contribution in [3.8, 4) is 22.8 Å². The maximum Gasteiger partial charge on any atom is 0.241 e. The van der Waals surface area contributed by atoms with Crippen LogP contribution >= 0.6 is 11.3 Å². The summed E-state index contributed by atoms with van der Waals surface area (Å²) in [6.45, 7) is 8.17. The highest BCUT2D eigenvalue weighted by Crippen LogP contribution is 2.30. The van der Waals surface area contributed by atoms with Crippen LogP contribution in [-0.2, 0) is 6.54 Å². The standard InChI is InChI=1S/C26H34N4O3S/c1-4-6-7-24(33-22-14-10-20(11-15-22)26(27)30-31)32-21-12-8-19(9-13-21)25-23(17-28-16-5-2)34-18(3)29-25/h8-15,24,28,31H,4-7,16-17H2,1-3H3,(H2,27,30). The summed E-state index contributed by atoms with van der Waals surface area (Å²) in [5.41, 5.74) is 8.37. The van der Waals surface area contributed by atoms with Crippen molar-refractivity contribution in [2.24, 2.45) is 10.9 Å². The first kappa shape index (κ1) is 25.5. The van der Waals surface area contributed by atoms with Gasteiger partial charge in [-0.15, -0.1) is 11.3 Å². The fourth-order valence-electron chi connectivity index (χ4n) is 3.46. The van der Waals surface area contributed by atoms with Gasteiger partial charge in [-0.25, -0.2) is 4.98 Å². The van der Waals surface area contributed by atoms with Crippen molar-refractivity contribution in [2.75, 3.05) is 6.54 Å². The van der Waals surface area contributed by atoms with E-state index in [1.54, 1.807) is 35.6 Å². The van der Waals surface area contributed by atoms with E-state index in [9.17, 15) is 0 Å². The number of rotatable bonds is 13. The molecule has 0 fully saturated rings. The monoisotopic (exact) mass is 482 g/mol. The van der Waals surface area contributed by atoms with Gasteiger partial charge in [0.05, 0.1) is 10.7 Å². The molecule has 182 valence electrons. The molecule has 1 heterocycles. The Hall–Kier alpha value is -3.10. The number of hydrogen-bond donors (Lipinski definition) is 3. The number of nitrogens with zero attached hydrogens (tertiary/aromatic N) is 2. The molecule has 4 N–H and O–H groups in total. The average Bonchev–Trinajstić information content (AvgIpc) is 3.23. The zero-order chi connectivity index (χ0) is 24.3. The quantitative estimate of drug-likeness (QED) is 0.0723. The van der Waals surface area contributed by atoms with Crippen molar-refractivity contribution in [2.45, 2.75) is 59.3 Å². The highest BCUT2D eigenvalue weighted by atomic mass is 32.1. The van der Waals surface area contributed by atoms with Crippen molar-refractivity contribution >= 4 is 17.2 Å². The molecule has 0 amide bonds. The Labute approximate surface area is 205 Å². The van der Waals surface area contributed by atoms with Crippen molar-refractivity contribution < 1.29 is 14.7 Å². The smallest absolute Gasteiger partial charge is 0.241 e. The maximum atomic E-state index is 8.83. The summed E-state index contributed by atoms with van der Waals surface area (Å²) < 4.78 is 12.3. The summed E-state index contributed by atoms with van der Waals surface area (Å²) in [4.78, 5) is 6.00. The number of aryl methyl sites for hydroxylation is 1. The average molecular weight is 483 g/mol. The molecule has 0 aliphatic rings. The minimum atomic E-state index is -0.421. The van der Waals surface area contributed by atoms with Gasteiger partial charge in [-0.05, 0) is 74.8 Å². The summed E-state index contributed by atoms with van der Waals surface area (Å²) in [5.74, 6) is 1.47. The van der Waals surface area contributed by atoms with E-state index in [-0.39, 0.29) is 5.84 Å². The summed E-state index contributed by atoms with van der Waals surface area (Å²) in [6, 6.07) is 15.1. The second-order valence-electron chi connectivity index (χ2n) is 8.02. The number of hydrogen-bond acceptors (Lipinski definition) is 7. The number of unbranched alkanes of at least 4 members (excludes halogenated alkanes) is 1. The van der Waals surface area contributed by atoms with Crippen LogP contribution in [0.15, 0.2) is 53.7 Å². The zero-order valence-corrected chi connectivity index (χ0v) is 20.9. The van der Waals surface area contributed by atoms with Crippen LogP contribution in [0, 0.1) is 6.92 Å². The summed E-state index contributed by atoms with van der Waals surface area (Å²) in [6.07, 6.45) is 3.48. The summed E-state index contributed by atoms with van der Waals surface area (Å²) in [7, 11) is 0. The first-order chi connectivity index (χ1) is 16.5. The lowest BCUT2D eigenvalue weighted by atomic mass is 10.1. The van der Waals surface area contributed by atoms with E-state index in [2.05, 4.69) is 36.5 Å². The number of amidine groups is 1. The third-order valence-corrected chi connectivity index (χ3v) is 6.20. The van der Waals surface area contributed by atoms with Gasteiger partial charge in [0.15, 0.2) is 5.84 Å². The Bertz CT molecular complexity index is 1050. The van der Waals surface area contributed by atoms with Crippen molar-refractivity contribution in [3.05, 3.63) is 64.0 Å². The molecule has 8 heteroatoms. The number of benzene rings is 2. The number of nitrogens with two attached hydrogens (primary N) is 1. The van der Waals surface area contributed by atoms with Crippen molar-refractivity contribution in [3.63, 3.8) is 0 Å². The number of ether oxygens (including phenoxy) is 2. The molecule has 0 saturated carbocycles. The Kier molecular flexibility index (Phi) is 9.73. The third kappa shape index (κ3) is 7.20. The molecule has 2 aromatic carbocycles. The molecule has 1 unspecified atom stereocenters. The van der Waals surface area contributed by atoms with E-state index in [1.807, 2.05) is 19.1 Å². The van der Waals surface area contributed by atoms with Crippen LogP contribution < -0.4 is 20.5 Å². The molecule has 0 bridgehead atoms. The van der Waals surface area contributed by atoms with Crippen LogP contribution in [0.25, 0.3) is 11.3 Å². The van der Waals surface area contributed by atoms with E-state index in [4.69, 9.17) is 25.4 Å². The SMILES string of the molecule is CCCCC(Oc1ccc(C(N)=NO)cc1)Oc1ccc(-c2nc(C)sc2CNCCC)cc1. The highest BCUT2D eigenvalue weighted by Gasteiger charge is 2.15. The topological polar surface area (TPSA) is 102 Å². The fourth-order valence-corrected chi connectivity index (χ4v) is 4.39. The predicted molar refractivity (Wildman–Crippen MR) is 138 cm³/mol. The van der Waals surface area contributed by atoms with E-state index >= 15 is 0 Å². The van der Waals surface area contributed by atoms with Gasteiger partial charge in [0, 0.05) is 29.0 Å². The molecule has 0 aliphatic carbocycles. The third-order valence-electron chi connectivity index (χ3n) is 5.23. The van der Waals surface area contributed by atoms with Gasteiger partial charge in [-0.3, -0.25) is 0 Å². The molecule has 0 spiro atoms. The summed E-state index contributed by atoms with van der Waals surface area (Å²) in [5, 5.41) is 16.4. The molecule has 3 rings (SSSR count). The van der Waals surface area contributed by atoms with Crippen LogP contribution in [0.3, 0.4) is 0 Å². The Morgan fingerprint density at radius 1 is 1.06 bits per heavy atom. The molecule has 1 aromatic heterocycles. The van der Waals surface area contributed by atoms with Gasteiger partial charge >= 0.3 is 0 Å². The fraction of sp³-hybridized carbons (Fsp3) is 0.385. The van der Waals surface area contributed by atoms with Crippen LogP contribution in [0.1, 0.15) is 55.0 Å². The molecular weight excluding hydrogens is 448 g/mol. The van der Waals surface area contributed by atoms with Crippen LogP contribution in [0.2, 0.25) is 0 Å². The maximum absolute atomic E-state index is 8.83. The van der Waals surface area contributed by atoms with Gasteiger partial charge in [0.25, 0.3) is 0 Å². The largest absolute Gasteiger partial charge is 0.455 e. The second-order valence-corrected chi connectivity index (χ2v) is 9.31. The van der Waals surface area contributed by atoms with E-state index in [0.29, 0.717) is 11.3 Å². The molecular formula is C26H34N4O3S. The van der Waals surface area contributed by atoms with Gasteiger partial charge in [0.2, 0.25) is 6.29 Å². The molecule has 0 aliphatic heterocycles. The van der Waals surface area contributed by atoms with Crippen molar-refractivity contribution in [1.29, 1.82) is 0 Å². The number of oxime groups is 1. The van der Waals surface area contributed by atoms with Gasteiger partial charge in [0.1, 0.15) is 11.5 Å². The van der Waals surface area contributed by atoms with Gasteiger partial charge in [-0.2, -0.15) is 0 Å². The lowest BCUT2D eigenvalue weighted by molar-refractivity contribution is -0.00211. The number of thiazole rings is 1. The van der Waals surface area contributed by atoms with Crippen LogP contribution in [0.4, 0.5) is 0 Å². The van der Waals surface area contributed by atoms with Gasteiger partial charge in [-0.1, -0.05) is 25.4 Å². The molecule has 1 atom stereocenters. The number of nitrogens with one attached hydrogen (secondary N) is 1. The van der Waals surface area contributed by atoms with Crippen LogP contribution in [0.5, 0.6) is 11.5 Å². The predicted octanol–water partition coefficient (Wildman–Crippen LogP) is 5.69. The first-order valence-corrected chi connectivity index (χ1v) is 12.5. The van der Waals surface area contributed by atoms with Crippen LogP contribution in [-0.4, -0.2) is 28.9 Å². The lowest BCUT2D eigenvalue weighted by Gasteiger charge is -2.21. The Morgan fingerprint density at radius 2 is 1.71 bits per heavy atom. The van der Waals surface area contributed by atoms with E-state index in [1.165, 1.54) is 4.88 Å². The Balaban J connectivity index is 1.69. The minimum absolute atomic E-state index is 0.0602. The molecule has 0 saturated heterocycles. The molecule has 0 radical (unpaired) electrons. The minimum Gasteiger partial charge on any atom is -0.455 e. The molecule has 3 aromatic rings. The second kappa shape index (κ2) is 13.0. The van der Waals surface area contributed by atoms with E-state index in [0.717, 1.165) is 60.8 Å². The lowest BCUT2D eigenvalue weighted by Crippen LogP contribution is -2.24. The molecule has 34 heavy (non-hydrogen) atoms. The van der Waals surface area contributed by atoms with Crippen molar-refractivity contribution in [1.82, 2.24) is 10.3 Å². The zero-order valence-electron chi connectivity index (χ0n) is 20.1. The van der Waals surface area contributed by atoms with Gasteiger partial charge < -0.3 is 25.7 Å².